The molecule has 1 N–H and O–H groups in total. The number of carbonyl (C=O) groups is 2. The quantitative estimate of drug-likeness (QED) is 0.907. The molecule has 0 spiro atoms. The Morgan fingerprint density at radius 1 is 1.04 bits per heavy atom. The minimum absolute atomic E-state index is 0.129. The summed E-state index contributed by atoms with van der Waals surface area (Å²) in [5, 5.41) is 9.36. The van der Waals surface area contributed by atoms with Crippen molar-refractivity contribution >= 4 is 11.8 Å². The van der Waals surface area contributed by atoms with Gasteiger partial charge in [0, 0.05) is 32.6 Å². The molecule has 2 rings (SSSR count). The lowest BCUT2D eigenvalue weighted by Gasteiger charge is -2.35. The Morgan fingerprint density at radius 2 is 1.56 bits per heavy atom. The highest BCUT2D eigenvalue weighted by atomic mass is 16.3. The number of piperazine rings is 1. The predicted molar refractivity (Wildman–Crippen MR) is 98.3 cm³/mol. The number of benzene rings is 1. The van der Waals surface area contributed by atoms with Gasteiger partial charge in [0.1, 0.15) is 6.10 Å². The zero-order valence-corrected chi connectivity index (χ0v) is 15.8. The van der Waals surface area contributed by atoms with E-state index in [1.807, 2.05) is 4.90 Å². The van der Waals surface area contributed by atoms with Crippen LogP contribution in [0.1, 0.15) is 45.2 Å². The molecule has 5 heteroatoms. The number of nitrogens with zero attached hydrogens (tertiary/aromatic N) is 2. The molecule has 1 saturated heterocycles. The van der Waals surface area contributed by atoms with E-state index in [1.165, 1.54) is 18.1 Å². The average molecular weight is 346 g/mol. The molecule has 1 atom stereocenters. The van der Waals surface area contributed by atoms with Crippen LogP contribution in [0.5, 0.6) is 0 Å². The molecule has 1 aromatic carbocycles. The molecule has 0 aliphatic carbocycles. The van der Waals surface area contributed by atoms with E-state index in [9.17, 15) is 14.7 Å². The van der Waals surface area contributed by atoms with Crippen LogP contribution in [-0.4, -0.2) is 59.0 Å². The van der Waals surface area contributed by atoms with Gasteiger partial charge in [0.2, 0.25) is 5.91 Å². The van der Waals surface area contributed by atoms with Crippen LogP contribution in [0, 0.1) is 0 Å². The highest BCUT2D eigenvalue weighted by molar-refractivity contribution is 5.81. The van der Waals surface area contributed by atoms with Gasteiger partial charge >= 0.3 is 0 Å². The standard InChI is InChI=1S/C20H30N2O3/c1-15(23)19(25)22-13-11-21(12-14-22)18(24)10-7-16-5-8-17(9-6-16)20(2,3)4/h5-6,8-9,15,23H,7,10-14H2,1-4H3. The highest BCUT2D eigenvalue weighted by Gasteiger charge is 2.25. The molecule has 1 unspecified atom stereocenters. The van der Waals surface area contributed by atoms with Gasteiger partial charge in [-0.25, -0.2) is 0 Å². The van der Waals surface area contributed by atoms with E-state index in [4.69, 9.17) is 0 Å². The third-order valence-corrected chi connectivity index (χ3v) is 4.75. The van der Waals surface area contributed by atoms with Gasteiger partial charge in [-0.3, -0.25) is 9.59 Å². The smallest absolute Gasteiger partial charge is 0.251 e. The zero-order valence-electron chi connectivity index (χ0n) is 15.8. The molecule has 0 aromatic heterocycles. The summed E-state index contributed by atoms with van der Waals surface area (Å²) in [6.07, 6.45) is 0.244. The lowest BCUT2D eigenvalue weighted by molar-refractivity contribution is -0.144. The Balaban J connectivity index is 1.80. The van der Waals surface area contributed by atoms with Crippen LogP contribution < -0.4 is 0 Å². The fourth-order valence-electron chi connectivity index (χ4n) is 3.02. The van der Waals surface area contributed by atoms with Crippen LogP contribution in [0.15, 0.2) is 24.3 Å². The van der Waals surface area contributed by atoms with Gasteiger partial charge in [-0.05, 0) is 29.9 Å². The third-order valence-electron chi connectivity index (χ3n) is 4.75. The summed E-state index contributed by atoms with van der Waals surface area (Å²) in [6.45, 7) is 10.1. The third kappa shape index (κ3) is 5.30. The topological polar surface area (TPSA) is 60.9 Å². The second-order valence-corrected chi connectivity index (χ2v) is 7.83. The molecule has 0 saturated carbocycles. The summed E-state index contributed by atoms with van der Waals surface area (Å²) in [6, 6.07) is 8.49. The van der Waals surface area contributed by atoms with Crippen molar-refractivity contribution in [1.29, 1.82) is 0 Å². The van der Waals surface area contributed by atoms with Crippen molar-refractivity contribution in [2.75, 3.05) is 26.2 Å². The lowest BCUT2D eigenvalue weighted by atomic mass is 9.86. The molecule has 2 amide bonds. The molecular weight excluding hydrogens is 316 g/mol. The fourth-order valence-corrected chi connectivity index (χ4v) is 3.02. The van der Waals surface area contributed by atoms with E-state index < -0.39 is 6.10 Å². The summed E-state index contributed by atoms with van der Waals surface area (Å²) >= 11 is 0. The first-order chi connectivity index (χ1) is 11.7. The predicted octanol–water partition coefficient (Wildman–Crippen LogP) is 1.97. The van der Waals surface area contributed by atoms with Crippen molar-refractivity contribution in [1.82, 2.24) is 9.80 Å². The van der Waals surface area contributed by atoms with Crippen molar-refractivity contribution in [2.24, 2.45) is 0 Å². The molecule has 1 aliphatic rings. The Bertz CT molecular complexity index is 594. The minimum Gasteiger partial charge on any atom is -0.384 e. The zero-order chi connectivity index (χ0) is 18.6. The van der Waals surface area contributed by atoms with Crippen molar-refractivity contribution in [3.05, 3.63) is 35.4 Å². The second kappa shape index (κ2) is 8.00. The molecule has 1 aliphatic heterocycles. The van der Waals surface area contributed by atoms with Crippen molar-refractivity contribution in [3.8, 4) is 0 Å². The van der Waals surface area contributed by atoms with Crippen LogP contribution in [-0.2, 0) is 21.4 Å². The normalized spacial score (nSPS) is 16.7. The number of amides is 2. The molecular formula is C20H30N2O3. The van der Waals surface area contributed by atoms with Gasteiger partial charge in [-0.2, -0.15) is 0 Å². The van der Waals surface area contributed by atoms with E-state index in [1.54, 1.807) is 4.90 Å². The first kappa shape index (κ1) is 19.4. The molecule has 138 valence electrons. The van der Waals surface area contributed by atoms with Crippen molar-refractivity contribution < 1.29 is 14.7 Å². The molecule has 1 heterocycles. The average Bonchev–Trinajstić information content (AvgIpc) is 2.58. The summed E-state index contributed by atoms with van der Waals surface area (Å²) in [5.74, 6) is -0.130. The van der Waals surface area contributed by atoms with Crippen LogP contribution >= 0.6 is 0 Å². The summed E-state index contributed by atoms with van der Waals surface area (Å²) in [5.41, 5.74) is 2.60. The number of carbonyl (C=O) groups excluding carboxylic acids is 2. The van der Waals surface area contributed by atoms with Gasteiger partial charge in [-0.15, -0.1) is 0 Å². The van der Waals surface area contributed by atoms with Gasteiger partial charge in [0.05, 0.1) is 0 Å². The van der Waals surface area contributed by atoms with Crippen LogP contribution in [0.4, 0.5) is 0 Å². The van der Waals surface area contributed by atoms with E-state index in [-0.39, 0.29) is 17.2 Å². The number of aliphatic hydroxyl groups is 1. The molecule has 0 radical (unpaired) electrons. The maximum absolute atomic E-state index is 12.4. The monoisotopic (exact) mass is 346 g/mol. The number of hydrogen-bond acceptors (Lipinski definition) is 3. The maximum Gasteiger partial charge on any atom is 0.251 e. The maximum atomic E-state index is 12.4. The first-order valence-corrected chi connectivity index (χ1v) is 9.02. The van der Waals surface area contributed by atoms with Gasteiger partial charge < -0.3 is 14.9 Å². The Labute approximate surface area is 150 Å². The van der Waals surface area contributed by atoms with E-state index in [0.717, 1.165) is 6.42 Å². The number of rotatable bonds is 4. The second-order valence-electron chi connectivity index (χ2n) is 7.83. The van der Waals surface area contributed by atoms with Crippen LogP contribution in [0.25, 0.3) is 0 Å². The van der Waals surface area contributed by atoms with Crippen LogP contribution in [0.3, 0.4) is 0 Å². The molecule has 1 aromatic rings. The fraction of sp³-hybridized carbons (Fsp3) is 0.600. The number of hydrogen-bond donors (Lipinski definition) is 1. The van der Waals surface area contributed by atoms with Gasteiger partial charge in [0.25, 0.3) is 5.91 Å². The Hall–Kier alpha value is -1.88. The molecule has 1 fully saturated rings. The molecule has 25 heavy (non-hydrogen) atoms. The summed E-state index contributed by atoms with van der Waals surface area (Å²) in [4.78, 5) is 27.6. The van der Waals surface area contributed by atoms with Crippen molar-refractivity contribution in [2.45, 2.75) is 52.1 Å². The van der Waals surface area contributed by atoms with E-state index in [0.29, 0.717) is 32.6 Å². The van der Waals surface area contributed by atoms with E-state index >= 15 is 0 Å². The van der Waals surface area contributed by atoms with E-state index in [2.05, 4.69) is 45.0 Å². The largest absolute Gasteiger partial charge is 0.384 e. The number of aliphatic hydroxyl groups excluding tert-OH is 1. The summed E-state index contributed by atoms with van der Waals surface area (Å²) < 4.78 is 0. The van der Waals surface area contributed by atoms with Gasteiger partial charge in [0.15, 0.2) is 0 Å². The molecule has 5 nitrogen and oxygen atoms in total. The summed E-state index contributed by atoms with van der Waals surface area (Å²) in [7, 11) is 0. The lowest BCUT2D eigenvalue weighted by Crippen LogP contribution is -2.52. The Kier molecular flexibility index (Phi) is 6.22. The highest BCUT2D eigenvalue weighted by Crippen LogP contribution is 2.22. The SMILES string of the molecule is CC(O)C(=O)N1CCN(C(=O)CCc2ccc(C(C)(C)C)cc2)CC1. The number of aryl methyl sites for hydroxylation is 1. The van der Waals surface area contributed by atoms with Crippen molar-refractivity contribution in [3.63, 3.8) is 0 Å². The minimum atomic E-state index is -0.974. The first-order valence-electron chi connectivity index (χ1n) is 9.02. The molecule has 0 bridgehead atoms. The van der Waals surface area contributed by atoms with Crippen LogP contribution in [0.2, 0.25) is 0 Å². The Morgan fingerprint density at radius 3 is 2.04 bits per heavy atom. The van der Waals surface area contributed by atoms with Gasteiger partial charge in [-0.1, -0.05) is 45.0 Å².